The van der Waals surface area contributed by atoms with E-state index in [1.165, 1.54) is 19.3 Å². The molecule has 0 radical (unpaired) electrons. The normalized spacial score (nSPS) is 27.9. The van der Waals surface area contributed by atoms with Crippen molar-refractivity contribution in [2.24, 2.45) is 0 Å². The lowest BCUT2D eigenvalue weighted by atomic mass is 9.84. The van der Waals surface area contributed by atoms with Crippen molar-refractivity contribution in [3.8, 4) is 0 Å². The molecule has 2 N–H and O–H groups in total. The van der Waals surface area contributed by atoms with E-state index in [1.54, 1.807) is 0 Å². The largest absolute Gasteiger partial charge is 0.473 e. The van der Waals surface area contributed by atoms with Gasteiger partial charge in [0, 0.05) is 24.9 Å². The number of carboxylic acid groups (broad SMARTS) is 2. The number of Topliss-reactive ketones (excluding diaryl/α,β-unsaturated/α-hetero) is 1. The monoisotopic (exact) mass is 243 g/mol. The van der Waals surface area contributed by atoms with Crippen molar-refractivity contribution in [3.63, 3.8) is 0 Å². The second-order valence-corrected chi connectivity index (χ2v) is 4.46. The van der Waals surface area contributed by atoms with E-state index in [0.717, 1.165) is 12.8 Å². The second kappa shape index (κ2) is 5.77. The van der Waals surface area contributed by atoms with Crippen molar-refractivity contribution in [2.45, 2.75) is 44.2 Å². The Bertz CT molecular complexity index is 300. The first-order valence-electron chi connectivity index (χ1n) is 5.61. The number of piperidine rings is 2. The Kier molecular flexibility index (Phi) is 4.62. The molecule has 0 amide bonds. The van der Waals surface area contributed by atoms with Crippen LogP contribution in [0.1, 0.15) is 32.1 Å². The number of aliphatic carboxylic acids is 2. The number of fused-ring (bicyclic) bond motifs is 2. The standard InChI is InChI=1S/C9H15NO.C2H2O4/c1-10-7-3-2-4-8(10)6-9(11)5-7;3-1(4)2(5)6/h7-8H,2-6H2,1H3;(H,3,4)(H,5,6). The van der Waals surface area contributed by atoms with Crippen LogP contribution in [-0.2, 0) is 14.4 Å². The van der Waals surface area contributed by atoms with E-state index < -0.39 is 11.9 Å². The first-order chi connectivity index (χ1) is 7.91. The van der Waals surface area contributed by atoms with E-state index in [0.29, 0.717) is 17.9 Å². The van der Waals surface area contributed by atoms with Crippen LogP contribution >= 0.6 is 0 Å². The number of carboxylic acids is 2. The van der Waals surface area contributed by atoms with Gasteiger partial charge in [-0.1, -0.05) is 6.42 Å². The Morgan fingerprint density at radius 3 is 1.88 bits per heavy atom. The predicted molar refractivity (Wildman–Crippen MR) is 58.7 cm³/mol. The lowest BCUT2D eigenvalue weighted by Crippen LogP contribution is -2.49. The number of nitrogens with zero attached hydrogens (tertiary/aromatic N) is 1. The Hall–Kier alpha value is -1.43. The van der Waals surface area contributed by atoms with Gasteiger partial charge in [-0.3, -0.25) is 9.69 Å². The van der Waals surface area contributed by atoms with Crippen LogP contribution in [-0.4, -0.2) is 52.0 Å². The van der Waals surface area contributed by atoms with Crippen LogP contribution in [0.4, 0.5) is 0 Å². The van der Waals surface area contributed by atoms with E-state index in [4.69, 9.17) is 19.8 Å². The van der Waals surface area contributed by atoms with Gasteiger partial charge in [0.05, 0.1) is 0 Å². The van der Waals surface area contributed by atoms with Gasteiger partial charge < -0.3 is 10.2 Å². The van der Waals surface area contributed by atoms with Crippen LogP contribution < -0.4 is 0 Å². The fraction of sp³-hybridized carbons (Fsp3) is 0.727. The van der Waals surface area contributed by atoms with Gasteiger partial charge in [-0.2, -0.15) is 0 Å². The zero-order chi connectivity index (χ0) is 13.0. The van der Waals surface area contributed by atoms with Crippen LogP contribution in [0.15, 0.2) is 0 Å². The smallest absolute Gasteiger partial charge is 0.414 e. The summed E-state index contributed by atoms with van der Waals surface area (Å²) in [6, 6.07) is 1.16. The molecule has 2 heterocycles. The fourth-order valence-corrected chi connectivity index (χ4v) is 2.40. The molecular formula is C11H17NO5. The van der Waals surface area contributed by atoms with Crippen molar-refractivity contribution >= 4 is 17.7 Å². The van der Waals surface area contributed by atoms with Gasteiger partial charge >= 0.3 is 11.9 Å². The quantitative estimate of drug-likeness (QED) is 0.596. The zero-order valence-corrected chi connectivity index (χ0v) is 9.76. The Labute approximate surface area is 99.2 Å². The lowest BCUT2D eigenvalue weighted by Gasteiger charge is -2.43. The summed E-state index contributed by atoms with van der Waals surface area (Å²) >= 11 is 0. The number of carbonyl (C=O) groups excluding carboxylic acids is 1. The highest BCUT2D eigenvalue weighted by Gasteiger charge is 2.34. The van der Waals surface area contributed by atoms with Crippen LogP contribution in [0.2, 0.25) is 0 Å². The van der Waals surface area contributed by atoms with Gasteiger partial charge in [-0.25, -0.2) is 9.59 Å². The van der Waals surface area contributed by atoms with Crippen molar-refractivity contribution in [1.82, 2.24) is 4.90 Å². The molecule has 2 aliphatic heterocycles. The molecule has 2 fully saturated rings. The van der Waals surface area contributed by atoms with Gasteiger partial charge in [0.15, 0.2) is 0 Å². The third-order valence-electron chi connectivity index (χ3n) is 3.34. The maximum absolute atomic E-state index is 11.2. The van der Waals surface area contributed by atoms with Crippen molar-refractivity contribution in [2.75, 3.05) is 7.05 Å². The van der Waals surface area contributed by atoms with Crippen molar-refractivity contribution in [1.29, 1.82) is 0 Å². The highest BCUT2D eigenvalue weighted by atomic mass is 16.4. The Balaban J connectivity index is 0.000000209. The summed E-state index contributed by atoms with van der Waals surface area (Å²) in [4.78, 5) is 31.8. The molecule has 0 aliphatic carbocycles. The van der Waals surface area contributed by atoms with Gasteiger partial charge in [0.2, 0.25) is 0 Å². The van der Waals surface area contributed by atoms with Crippen LogP contribution in [0.25, 0.3) is 0 Å². The summed E-state index contributed by atoms with van der Waals surface area (Å²) in [5.41, 5.74) is 0. The zero-order valence-electron chi connectivity index (χ0n) is 9.76. The first kappa shape index (κ1) is 13.6. The second-order valence-electron chi connectivity index (χ2n) is 4.46. The van der Waals surface area contributed by atoms with Gasteiger partial charge in [-0.15, -0.1) is 0 Å². The third-order valence-corrected chi connectivity index (χ3v) is 3.34. The van der Waals surface area contributed by atoms with Crippen LogP contribution in [0.5, 0.6) is 0 Å². The minimum Gasteiger partial charge on any atom is -0.473 e. The summed E-state index contributed by atoms with van der Waals surface area (Å²) in [6.07, 6.45) is 5.42. The van der Waals surface area contributed by atoms with E-state index in [1.807, 2.05) is 0 Å². The molecule has 2 atom stereocenters. The third kappa shape index (κ3) is 3.81. The molecule has 6 heteroatoms. The van der Waals surface area contributed by atoms with Crippen LogP contribution in [0.3, 0.4) is 0 Å². The molecule has 2 saturated heterocycles. The fourth-order valence-electron chi connectivity index (χ4n) is 2.40. The van der Waals surface area contributed by atoms with E-state index in [-0.39, 0.29) is 0 Å². The van der Waals surface area contributed by atoms with Gasteiger partial charge in [0.25, 0.3) is 0 Å². The lowest BCUT2D eigenvalue weighted by molar-refractivity contribution is -0.159. The molecule has 0 saturated carbocycles. The van der Waals surface area contributed by atoms with Gasteiger partial charge in [-0.05, 0) is 19.9 Å². The van der Waals surface area contributed by atoms with Crippen LogP contribution in [0, 0.1) is 0 Å². The maximum atomic E-state index is 11.2. The number of carbonyl (C=O) groups is 3. The number of ketones is 1. The average Bonchev–Trinajstić information content (AvgIpc) is 2.21. The van der Waals surface area contributed by atoms with E-state index in [9.17, 15) is 4.79 Å². The summed E-state index contributed by atoms with van der Waals surface area (Å²) in [6.45, 7) is 0. The average molecular weight is 243 g/mol. The molecule has 2 bridgehead atoms. The summed E-state index contributed by atoms with van der Waals surface area (Å²) in [5, 5.41) is 14.8. The number of hydrogen-bond acceptors (Lipinski definition) is 4. The minimum absolute atomic E-state index is 0.484. The molecule has 96 valence electrons. The Morgan fingerprint density at radius 2 is 1.53 bits per heavy atom. The molecule has 17 heavy (non-hydrogen) atoms. The summed E-state index contributed by atoms with van der Waals surface area (Å²) < 4.78 is 0. The molecule has 0 aromatic heterocycles. The van der Waals surface area contributed by atoms with Crippen molar-refractivity contribution < 1.29 is 24.6 Å². The molecule has 6 nitrogen and oxygen atoms in total. The Morgan fingerprint density at radius 1 is 1.12 bits per heavy atom. The number of rotatable bonds is 0. The highest BCUT2D eigenvalue weighted by molar-refractivity contribution is 6.27. The van der Waals surface area contributed by atoms with E-state index >= 15 is 0 Å². The predicted octanol–water partition coefficient (Wildman–Crippen LogP) is 0.358. The molecule has 2 unspecified atom stereocenters. The maximum Gasteiger partial charge on any atom is 0.414 e. The molecule has 0 spiro atoms. The SMILES string of the molecule is CN1C2CCCC1CC(=O)C2.O=C(O)C(=O)O. The molecular weight excluding hydrogens is 226 g/mol. The van der Waals surface area contributed by atoms with Gasteiger partial charge in [0.1, 0.15) is 5.78 Å². The summed E-state index contributed by atoms with van der Waals surface area (Å²) in [7, 11) is 2.17. The number of hydrogen-bond donors (Lipinski definition) is 2. The topological polar surface area (TPSA) is 94.9 Å². The first-order valence-corrected chi connectivity index (χ1v) is 5.61. The van der Waals surface area contributed by atoms with E-state index in [2.05, 4.69) is 11.9 Å². The molecule has 2 aliphatic rings. The molecule has 2 rings (SSSR count). The van der Waals surface area contributed by atoms with Crippen molar-refractivity contribution in [3.05, 3.63) is 0 Å². The minimum atomic E-state index is -1.82. The molecule has 0 aromatic rings. The summed E-state index contributed by atoms with van der Waals surface area (Å²) in [5.74, 6) is -3.16. The molecule has 0 aromatic carbocycles. The highest BCUT2D eigenvalue weighted by Crippen LogP contribution is 2.30.